The molecule has 0 radical (unpaired) electrons. The monoisotopic (exact) mass is 304 g/mol. The van der Waals surface area contributed by atoms with Gasteiger partial charge in [0.25, 0.3) is 11.6 Å². The molecule has 22 heavy (non-hydrogen) atoms. The molecule has 0 fully saturated rings. The highest BCUT2D eigenvalue weighted by atomic mass is 16.6. The first-order valence-electron chi connectivity index (χ1n) is 6.66. The van der Waals surface area contributed by atoms with Crippen LogP contribution in [0.5, 0.6) is 0 Å². The summed E-state index contributed by atoms with van der Waals surface area (Å²) >= 11 is 0. The third-order valence-electron chi connectivity index (χ3n) is 3.14. The smallest absolute Gasteiger partial charge is 0.282 e. The first-order chi connectivity index (χ1) is 10.6. The first kappa shape index (κ1) is 15.7. The zero-order chi connectivity index (χ0) is 15.9. The van der Waals surface area contributed by atoms with E-state index in [4.69, 9.17) is 9.15 Å². The van der Waals surface area contributed by atoms with E-state index in [1.807, 2.05) is 0 Å². The molecular formula is C15H16N2O5. The number of amides is 1. The number of benzene rings is 1. The summed E-state index contributed by atoms with van der Waals surface area (Å²) in [5.41, 5.74) is 0.664. The number of hydrogen-bond acceptors (Lipinski definition) is 5. The van der Waals surface area contributed by atoms with Gasteiger partial charge >= 0.3 is 0 Å². The fourth-order valence-corrected chi connectivity index (χ4v) is 2.04. The van der Waals surface area contributed by atoms with Gasteiger partial charge in [-0.15, -0.1) is 0 Å². The summed E-state index contributed by atoms with van der Waals surface area (Å²) in [5, 5.41) is 11.1. The quantitative estimate of drug-likeness (QED) is 0.579. The molecule has 1 heterocycles. The number of carbonyl (C=O) groups is 1. The van der Waals surface area contributed by atoms with Crippen LogP contribution in [0.1, 0.15) is 15.9 Å². The second-order valence-electron chi connectivity index (χ2n) is 4.63. The van der Waals surface area contributed by atoms with Crippen molar-refractivity contribution in [1.29, 1.82) is 0 Å². The minimum Gasteiger partial charge on any atom is -0.472 e. The van der Waals surface area contributed by atoms with E-state index in [1.165, 1.54) is 42.7 Å². The summed E-state index contributed by atoms with van der Waals surface area (Å²) in [6.07, 6.45) is 3.05. The SMILES string of the molecule is COCCN(Cc1ccoc1)C(=O)c1ccccc1[N+](=O)[O-]. The van der Waals surface area contributed by atoms with Gasteiger partial charge in [-0.05, 0) is 12.1 Å². The lowest BCUT2D eigenvalue weighted by molar-refractivity contribution is -0.385. The predicted octanol–water partition coefficient (Wildman–Crippen LogP) is 2.48. The number of rotatable bonds is 7. The van der Waals surface area contributed by atoms with E-state index in [2.05, 4.69) is 0 Å². The van der Waals surface area contributed by atoms with Crippen molar-refractivity contribution in [2.75, 3.05) is 20.3 Å². The van der Waals surface area contributed by atoms with Crippen LogP contribution in [-0.2, 0) is 11.3 Å². The number of para-hydroxylation sites is 1. The zero-order valence-corrected chi connectivity index (χ0v) is 12.1. The molecule has 2 rings (SSSR count). The number of furan rings is 1. The minimum absolute atomic E-state index is 0.0621. The Morgan fingerprint density at radius 3 is 2.77 bits per heavy atom. The normalized spacial score (nSPS) is 10.4. The number of ether oxygens (including phenoxy) is 1. The molecule has 7 heteroatoms. The van der Waals surface area contributed by atoms with Crippen molar-refractivity contribution in [2.45, 2.75) is 6.54 Å². The van der Waals surface area contributed by atoms with Crippen LogP contribution in [0.2, 0.25) is 0 Å². The molecule has 1 aromatic heterocycles. The fraction of sp³-hybridized carbons (Fsp3) is 0.267. The van der Waals surface area contributed by atoms with Crippen molar-refractivity contribution in [3.05, 3.63) is 64.1 Å². The van der Waals surface area contributed by atoms with Gasteiger partial charge in [0.05, 0.1) is 24.1 Å². The Balaban J connectivity index is 2.26. The highest BCUT2D eigenvalue weighted by Crippen LogP contribution is 2.20. The number of carbonyl (C=O) groups excluding carboxylic acids is 1. The van der Waals surface area contributed by atoms with Crippen molar-refractivity contribution >= 4 is 11.6 Å². The number of methoxy groups -OCH3 is 1. The van der Waals surface area contributed by atoms with Gasteiger partial charge in [0.2, 0.25) is 0 Å². The van der Waals surface area contributed by atoms with Crippen molar-refractivity contribution in [3.8, 4) is 0 Å². The molecule has 0 N–H and O–H groups in total. The van der Waals surface area contributed by atoms with Crippen LogP contribution in [-0.4, -0.2) is 36.0 Å². The predicted molar refractivity (Wildman–Crippen MR) is 78.4 cm³/mol. The average Bonchev–Trinajstić information content (AvgIpc) is 3.03. The van der Waals surface area contributed by atoms with Crippen molar-refractivity contribution in [3.63, 3.8) is 0 Å². The standard InChI is InChI=1S/C15H16N2O5/c1-21-9-7-16(10-12-6-8-22-11-12)15(18)13-4-2-3-5-14(13)17(19)20/h2-6,8,11H,7,9-10H2,1H3. The van der Waals surface area contributed by atoms with Crippen LogP contribution in [0.25, 0.3) is 0 Å². The highest BCUT2D eigenvalue weighted by Gasteiger charge is 2.24. The van der Waals surface area contributed by atoms with Crippen molar-refractivity contribution in [1.82, 2.24) is 4.90 Å². The summed E-state index contributed by atoms with van der Waals surface area (Å²) in [5.74, 6) is -0.412. The Bertz CT molecular complexity index is 639. The van der Waals surface area contributed by atoms with Crippen molar-refractivity contribution in [2.24, 2.45) is 0 Å². The Hall–Kier alpha value is -2.67. The molecule has 2 aromatic rings. The van der Waals surface area contributed by atoms with Gasteiger partial charge in [0.1, 0.15) is 5.56 Å². The molecule has 0 bridgehead atoms. The van der Waals surface area contributed by atoms with E-state index in [9.17, 15) is 14.9 Å². The Kier molecular flexibility index (Phi) is 5.26. The third-order valence-corrected chi connectivity index (χ3v) is 3.14. The Labute approximate surface area is 127 Å². The van der Waals surface area contributed by atoms with Gasteiger partial charge in [-0.1, -0.05) is 12.1 Å². The molecular weight excluding hydrogens is 288 g/mol. The molecule has 1 aromatic carbocycles. The Morgan fingerprint density at radius 2 is 2.14 bits per heavy atom. The maximum absolute atomic E-state index is 12.6. The number of nitrogens with zero attached hydrogens (tertiary/aromatic N) is 2. The maximum Gasteiger partial charge on any atom is 0.282 e. The number of nitro groups is 1. The molecule has 7 nitrogen and oxygen atoms in total. The molecule has 0 aliphatic carbocycles. The van der Waals surface area contributed by atoms with Gasteiger partial charge in [0.15, 0.2) is 0 Å². The second kappa shape index (κ2) is 7.37. The first-order valence-corrected chi connectivity index (χ1v) is 6.66. The van der Waals surface area contributed by atoms with E-state index in [-0.39, 0.29) is 11.3 Å². The molecule has 0 aliphatic heterocycles. The van der Waals surface area contributed by atoms with Crippen LogP contribution in [0.15, 0.2) is 47.3 Å². The zero-order valence-electron chi connectivity index (χ0n) is 12.1. The van der Waals surface area contributed by atoms with Gasteiger partial charge in [-0.2, -0.15) is 0 Å². The van der Waals surface area contributed by atoms with E-state index >= 15 is 0 Å². The molecule has 1 amide bonds. The summed E-state index contributed by atoms with van der Waals surface area (Å²) in [6.45, 7) is 0.960. The lowest BCUT2D eigenvalue weighted by Gasteiger charge is -2.21. The molecule has 0 unspecified atom stereocenters. The van der Waals surface area contributed by atoms with E-state index in [1.54, 1.807) is 12.1 Å². The molecule has 0 atom stereocenters. The number of nitro benzene ring substituents is 1. The maximum atomic E-state index is 12.6. The average molecular weight is 304 g/mol. The van der Waals surface area contributed by atoms with Crippen LogP contribution in [0.4, 0.5) is 5.69 Å². The molecule has 0 aliphatic rings. The summed E-state index contributed by atoms with van der Waals surface area (Å²) in [6, 6.07) is 7.65. The van der Waals surface area contributed by atoms with E-state index in [0.29, 0.717) is 19.7 Å². The second-order valence-corrected chi connectivity index (χ2v) is 4.63. The minimum atomic E-state index is -0.556. The molecule has 116 valence electrons. The highest BCUT2D eigenvalue weighted by molar-refractivity contribution is 5.98. The summed E-state index contributed by atoms with van der Waals surface area (Å²) in [4.78, 5) is 24.7. The Morgan fingerprint density at radius 1 is 1.36 bits per heavy atom. The molecule has 0 spiro atoms. The largest absolute Gasteiger partial charge is 0.472 e. The summed E-state index contributed by atoms with van der Waals surface area (Å²) < 4.78 is 9.99. The van der Waals surface area contributed by atoms with Crippen LogP contribution >= 0.6 is 0 Å². The van der Waals surface area contributed by atoms with Gasteiger partial charge in [-0.25, -0.2) is 0 Å². The summed E-state index contributed by atoms with van der Waals surface area (Å²) in [7, 11) is 1.53. The lowest BCUT2D eigenvalue weighted by atomic mass is 10.1. The number of hydrogen-bond donors (Lipinski definition) is 0. The van der Waals surface area contributed by atoms with Gasteiger partial charge in [0, 0.05) is 31.8 Å². The molecule has 0 saturated heterocycles. The van der Waals surface area contributed by atoms with Crippen LogP contribution in [0.3, 0.4) is 0 Å². The van der Waals surface area contributed by atoms with Gasteiger partial charge < -0.3 is 14.1 Å². The van der Waals surface area contributed by atoms with Crippen LogP contribution < -0.4 is 0 Å². The van der Waals surface area contributed by atoms with Crippen molar-refractivity contribution < 1.29 is 18.9 Å². The van der Waals surface area contributed by atoms with E-state index < -0.39 is 10.8 Å². The van der Waals surface area contributed by atoms with Gasteiger partial charge in [-0.3, -0.25) is 14.9 Å². The van der Waals surface area contributed by atoms with E-state index in [0.717, 1.165) is 5.56 Å². The molecule has 0 saturated carbocycles. The lowest BCUT2D eigenvalue weighted by Crippen LogP contribution is -2.33. The third kappa shape index (κ3) is 3.70. The topological polar surface area (TPSA) is 85.8 Å². The fourth-order valence-electron chi connectivity index (χ4n) is 2.04. The van der Waals surface area contributed by atoms with Crippen LogP contribution in [0, 0.1) is 10.1 Å².